The highest BCUT2D eigenvalue weighted by Gasteiger charge is 2.33. The van der Waals surface area contributed by atoms with E-state index in [0.29, 0.717) is 24.8 Å². The maximum atomic E-state index is 10.3. The third-order valence-electron chi connectivity index (χ3n) is 6.44. The van der Waals surface area contributed by atoms with Gasteiger partial charge in [-0.25, -0.2) is 0 Å². The lowest BCUT2D eigenvalue weighted by Gasteiger charge is -2.31. The number of nitrogens with zero attached hydrogens (tertiary/aromatic N) is 1. The molecule has 1 aliphatic heterocycles. The highest BCUT2D eigenvalue weighted by molar-refractivity contribution is 5.63. The van der Waals surface area contributed by atoms with Gasteiger partial charge in [-0.3, -0.25) is 21.4 Å². The first-order chi connectivity index (χ1) is 14.3. The highest BCUT2D eigenvalue weighted by atomic mass is 16.3. The Balaban J connectivity index is 1.63. The van der Waals surface area contributed by atoms with Crippen molar-refractivity contribution in [2.75, 3.05) is 13.6 Å². The van der Waals surface area contributed by atoms with Crippen molar-refractivity contribution in [3.05, 3.63) is 0 Å². The van der Waals surface area contributed by atoms with E-state index in [1.807, 2.05) is 13.8 Å². The van der Waals surface area contributed by atoms with Gasteiger partial charge in [0.2, 0.25) is 0 Å². The molecule has 1 saturated carbocycles. The van der Waals surface area contributed by atoms with Crippen LogP contribution < -0.4 is 26.7 Å². The molecular weight excluding hydrogens is 388 g/mol. The summed E-state index contributed by atoms with van der Waals surface area (Å²) in [5, 5.41) is 56.4. The number of nitrogens with one attached hydrogen (secondary N) is 5. The summed E-state index contributed by atoms with van der Waals surface area (Å²) in [6.45, 7) is 4.56. The molecule has 9 N–H and O–H groups in total. The summed E-state index contributed by atoms with van der Waals surface area (Å²) >= 11 is 0. The third-order valence-corrected chi connectivity index (χ3v) is 6.44. The minimum Gasteiger partial charge on any atom is -0.391 e. The molecule has 0 bridgehead atoms. The lowest BCUT2D eigenvalue weighted by atomic mass is 9.81. The monoisotopic (exact) mass is 430 g/mol. The molecule has 0 spiro atoms. The Bertz CT molecular complexity index is 496. The van der Waals surface area contributed by atoms with Crippen LogP contribution in [0.2, 0.25) is 0 Å². The second-order valence-corrected chi connectivity index (χ2v) is 8.72. The number of rotatable bonds is 12. The van der Waals surface area contributed by atoms with Gasteiger partial charge in [0.15, 0.2) is 6.35 Å². The molecule has 2 rings (SSSR count). The molecule has 10 heteroatoms. The number of hydrazone groups is 1. The van der Waals surface area contributed by atoms with Gasteiger partial charge in [0, 0.05) is 30.9 Å². The molecule has 10 nitrogen and oxygen atoms in total. The normalized spacial score (nSPS) is 34.0. The first kappa shape index (κ1) is 25.4. The van der Waals surface area contributed by atoms with Crippen LogP contribution in [0.25, 0.3) is 0 Å². The van der Waals surface area contributed by atoms with E-state index < -0.39 is 24.9 Å². The van der Waals surface area contributed by atoms with E-state index in [2.05, 4.69) is 31.8 Å². The van der Waals surface area contributed by atoms with Gasteiger partial charge < -0.3 is 25.7 Å². The van der Waals surface area contributed by atoms with Crippen LogP contribution in [0.3, 0.4) is 0 Å². The van der Waals surface area contributed by atoms with Gasteiger partial charge >= 0.3 is 0 Å². The molecule has 2 fully saturated rings. The lowest BCUT2D eigenvalue weighted by Crippen LogP contribution is -2.50. The molecular formula is C20H42N6O4. The van der Waals surface area contributed by atoms with E-state index in [4.69, 9.17) is 0 Å². The van der Waals surface area contributed by atoms with Crippen LogP contribution in [0.1, 0.15) is 52.4 Å². The highest BCUT2D eigenvalue weighted by Crippen LogP contribution is 2.29. The van der Waals surface area contributed by atoms with Gasteiger partial charge in [-0.15, -0.1) is 0 Å². The summed E-state index contributed by atoms with van der Waals surface area (Å²) in [4.78, 5) is 0. The predicted molar refractivity (Wildman–Crippen MR) is 116 cm³/mol. The van der Waals surface area contributed by atoms with Crippen LogP contribution in [0.4, 0.5) is 0 Å². The number of hydrogen-bond donors (Lipinski definition) is 9. The topological polar surface area (TPSA) is 153 Å². The summed E-state index contributed by atoms with van der Waals surface area (Å²) in [6, 6.07) is -0.406. The Morgan fingerprint density at radius 1 is 1.13 bits per heavy atom. The Kier molecular flexibility index (Phi) is 10.9. The summed E-state index contributed by atoms with van der Waals surface area (Å²) in [7, 11) is 1.77. The summed E-state index contributed by atoms with van der Waals surface area (Å²) < 4.78 is 0. The standard InChI is InChI=1S/C20H42N6O4/c1-4-15(25-19(29)16-9-17(27)12(2)24-16)11-23-26-20(30)22-10-13-5-7-14(8-6-13)18(28)21-3/h11-22,24-30H,4-10H2,1-3H3/b23-11-/t12?,13?,14?,15-,16-,17-,18?,19?,20?/m0/s1. The number of aliphatic hydroxyl groups excluding tert-OH is 4. The van der Waals surface area contributed by atoms with Gasteiger partial charge in [-0.1, -0.05) is 6.92 Å². The van der Waals surface area contributed by atoms with E-state index in [-0.39, 0.29) is 18.1 Å². The third kappa shape index (κ3) is 8.01. The smallest absolute Gasteiger partial charge is 0.196 e. The zero-order valence-corrected chi connectivity index (χ0v) is 18.5. The van der Waals surface area contributed by atoms with Crippen molar-refractivity contribution in [3.63, 3.8) is 0 Å². The van der Waals surface area contributed by atoms with Crippen molar-refractivity contribution < 1.29 is 20.4 Å². The molecule has 0 radical (unpaired) electrons. The molecule has 0 aromatic carbocycles. The Hall–Kier alpha value is -0.850. The molecule has 30 heavy (non-hydrogen) atoms. The Morgan fingerprint density at radius 3 is 2.40 bits per heavy atom. The fourth-order valence-corrected chi connectivity index (χ4v) is 4.27. The van der Waals surface area contributed by atoms with Crippen LogP contribution in [-0.4, -0.2) is 83.3 Å². The van der Waals surface area contributed by atoms with E-state index in [0.717, 1.165) is 32.1 Å². The second-order valence-electron chi connectivity index (χ2n) is 8.72. The maximum Gasteiger partial charge on any atom is 0.196 e. The maximum absolute atomic E-state index is 10.3. The van der Waals surface area contributed by atoms with Crippen LogP contribution in [0, 0.1) is 11.8 Å². The van der Waals surface area contributed by atoms with Crippen molar-refractivity contribution in [2.24, 2.45) is 16.9 Å². The van der Waals surface area contributed by atoms with Crippen LogP contribution in [-0.2, 0) is 0 Å². The number of hydrogen-bond acceptors (Lipinski definition) is 10. The van der Waals surface area contributed by atoms with Crippen LogP contribution >= 0.6 is 0 Å². The fraction of sp³-hybridized carbons (Fsp3) is 0.950. The van der Waals surface area contributed by atoms with E-state index in [1.54, 1.807) is 13.3 Å². The van der Waals surface area contributed by atoms with Crippen molar-refractivity contribution in [3.8, 4) is 0 Å². The largest absolute Gasteiger partial charge is 0.391 e. The average Bonchev–Trinajstić information content (AvgIpc) is 3.09. The molecule has 0 aromatic heterocycles. The second kappa shape index (κ2) is 12.9. The molecule has 4 unspecified atom stereocenters. The Labute approximate surface area is 179 Å². The molecule has 1 heterocycles. The molecule has 7 atom stereocenters. The molecule has 1 saturated heterocycles. The van der Waals surface area contributed by atoms with Gasteiger partial charge in [0.05, 0.1) is 6.10 Å². The van der Waals surface area contributed by atoms with Gasteiger partial charge in [-0.05, 0) is 64.3 Å². The van der Waals surface area contributed by atoms with Gasteiger partial charge in [0.1, 0.15) is 12.5 Å². The van der Waals surface area contributed by atoms with Crippen LogP contribution in [0.5, 0.6) is 0 Å². The van der Waals surface area contributed by atoms with Crippen LogP contribution in [0.15, 0.2) is 5.10 Å². The molecule has 2 aliphatic rings. The average molecular weight is 431 g/mol. The molecule has 1 aliphatic carbocycles. The SMILES string of the molecule is CC[C@@H](/C=N\NC(O)NCC1CCC(C(O)NC)CC1)NC(O)[C@@H]1C[C@H](O)C(C)N1. The zero-order valence-electron chi connectivity index (χ0n) is 18.5. The minimum atomic E-state index is -0.947. The van der Waals surface area contributed by atoms with Crippen molar-refractivity contribution in [2.45, 2.75) is 95.4 Å². The fourth-order valence-electron chi connectivity index (χ4n) is 4.27. The molecule has 0 aromatic rings. The minimum absolute atomic E-state index is 0.0356. The Morgan fingerprint density at radius 2 is 1.83 bits per heavy atom. The molecule has 176 valence electrons. The van der Waals surface area contributed by atoms with Crippen molar-refractivity contribution >= 4 is 6.21 Å². The lowest BCUT2D eigenvalue weighted by molar-refractivity contribution is 0.0475. The summed E-state index contributed by atoms with van der Waals surface area (Å²) in [6.07, 6.45) is 4.23. The van der Waals surface area contributed by atoms with E-state index >= 15 is 0 Å². The van der Waals surface area contributed by atoms with Gasteiger partial charge in [0.25, 0.3) is 0 Å². The van der Waals surface area contributed by atoms with E-state index in [1.165, 1.54) is 0 Å². The van der Waals surface area contributed by atoms with E-state index in [9.17, 15) is 20.4 Å². The first-order valence-electron chi connectivity index (χ1n) is 11.3. The summed E-state index contributed by atoms with van der Waals surface area (Å²) in [5.41, 5.74) is 2.67. The van der Waals surface area contributed by atoms with Gasteiger partial charge in [-0.2, -0.15) is 5.10 Å². The molecule has 0 amide bonds. The van der Waals surface area contributed by atoms with Crippen molar-refractivity contribution in [1.82, 2.24) is 26.7 Å². The summed E-state index contributed by atoms with van der Waals surface area (Å²) in [5.74, 6) is 0.779. The first-order valence-corrected chi connectivity index (χ1v) is 11.3. The quantitative estimate of drug-likeness (QED) is 0.103. The zero-order chi connectivity index (χ0) is 22.1. The van der Waals surface area contributed by atoms with Crippen molar-refractivity contribution in [1.29, 1.82) is 0 Å². The predicted octanol–water partition coefficient (Wildman–Crippen LogP) is -1.43. The number of aliphatic hydroxyl groups is 4.